The molecule has 0 spiro atoms. The fourth-order valence-corrected chi connectivity index (χ4v) is 2.56. The molecule has 1 aliphatic rings. The number of aromatic nitrogens is 2. The number of esters is 1. The summed E-state index contributed by atoms with van der Waals surface area (Å²) in [6, 6.07) is -0.481. The highest BCUT2D eigenvalue weighted by molar-refractivity contribution is 6.32. The van der Waals surface area contributed by atoms with Crippen molar-refractivity contribution in [2.24, 2.45) is 5.92 Å². The number of aryl methyl sites for hydroxylation is 1. The molecule has 0 aromatic carbocycles. The van der Waals surface area contributed by atoms with Gasteiger partial charge in [-0.15, -0.1) is 0 Å². The smallest absolute Gasteiger partial charge is 0.343 e. The molecule has 0 radical (unpaired) electrons. The zero-order valence-electron chi connectivity index (χ0n) is 13.3. The first-order valence-corrected chi connectivity index (χ1v) is 7.67. The summed E-state index contributed by atoms with van der Waals surface area (Å²) in [5.41, 5.74) is 0.581. The van der Waals surface area contributed by atoms with E-state index >= 15 is 0 Å². The van der Waals surface area contributed by atoms with Crippen LogP contribution in [0.15, 0.2) is 0 Å². The predicted octanol–water partition coefficient (Wildman–Crippen LogP) is 1.21. The summed E-state index contributed by atoms with van der Waals surface area (Å²) in [7, 11) is 0. The molecule has 126 valence electrons. The molecule has 2 rings (SSSR count). The van der Waals surface area contributed by atoms with Crippen molar-refractivity contribution in [2.75, 3.05) is 19.7 Å². The van der Waals surface area contributed by atoms with E-state index in [1.165, 1.54) is 4.68 Å². The van der Waals surface area contributed by atoms with Crippen LogP contribution in [0.4, 0.5) is 4.79 Å². The van der Waals surface area contributed by atoms with Crippen LogP contribution >= 0.6 is 11.6 Å². The molecule has 0 saturated carbocycles. The molecule has 3 amide bonds. The number of carbonyl (C=O) groups excluding carboxylic acids is 3. The monoisotopic (exact) mass is 342 g/mol. The summed E-state index contributed by atoms with van der Waals surface area (Å²) in [5, 5.41) is 6.90. The van der Waals surface area contributed by atoms with Gasteiger partial charge in [0.1, 0.15) is 10.7 Å². The molecule has 1 N–H and O–H groups in total. The lowest BCUT2D eigenvalue weighted by Crippen LogP contribution is -2.37. The molecule has 0 aliphatic carbocycles. The van der Waals surface area contributed by atoms with E-state index < -0.39 is 24.5 Å². The van der Waals surface area contributed by atoms with Gasteiger partial charge in [-0.25, -0.2) is 9.59 Å². The van der Waals surface area contributed by atoms with E-state index in [-0.39, 0.29) is 17.3 Å². The van der Waals surface area contributed by atoms with Crippen molar-refractivity contribution in [3.63, 3.8) is 0 Å². The van der Waals surface area contributed by atoms with Crippen molar-refractivity contribution >= 4 is 29.5 Å². The number of imide groups is 1. The number of nitrogens with zero attached hydrogens (tertiary/aromatic N) is 3. The number of amides is 3. The Hall–Kier alpha value is -2.09. The van der Waals surface area contributed by atoms with Gasteiger partial charge in [0.15, 0.2) is 6.61 Å². The van der Waals surface area contributed by atoms with E-state index in [1.54, 1.807) is 6.92 Å². The Morgan fingerprint density at radius 3 is 2.70 bits per heavy atom. The standard InChI is InChI=1S/C14H19ClN4O4/c1-8(2)6-19-12(15)11(9(3)17-19)13(21)23-7-10(20)18-5-4-16-14(18)22/h8H,4-7H2,1-3H3,(H,16,22). The van der Waals surface area contributed by atoms with Crippen molar-refractivity contribution in [1.29, 1.82) is 0 Å². The number of halogens is 1. The molecule has 1 aromatic rings. The summed E-state index contributed by atoms with van der Waals surface area (Å²) in [4.78, 5) is 36.4. The van der Waals surface area contributed by atoms with E-state index in [0.29, 0.717) is 24.7 Å². The van der Waals surface area contributed by atoms with Gasteiger partial charge in [0.05, 0.1) is 5.69 Å². The Morgan fingerprint density at radius 1 is 1.43 bits per heavy atom. The molecular weight excluding hydrogens is 324 g/mol. The molecule has 9 heteroatoms. The number of hydrogen-bond acceptors (Lipinski definition) is 5. The Labute approximate surface area is 138 Å². The van der Waals surface area contributed by atoms with E-state index in [0.717, 1.165) is 4.90 Å². The highest BCUT2D eigenvalue weighted by Crippen LogP contribution is 2.21. The number of nitrogens with one attached hydrogen (secondary N) is 1. The maximum absolute atomic E-state index is 12.2. The number of rotatable bonds is 5. The van der Waals surface area contributed by atoms with E-state index in [9.17, 15) is 14.4 Å². The van der Waals surface area contributed by atoms with Crippen LogP contribution < -0.4 is 5.32 Å². The average Bonchev–Trinajstić information content (AvgIpc) is 3.00. The highest BCUT2D eigenvalue weighted by atomic mass is 35.5. The van der Waals surface area contributed by atoms with Crippen LogP contribution in [-0.4, -0.2) is 52.3 Å². The summed E-state index contributed by atoms with van der Waals surface area (Å²) in [5.74, 6) is -0.988. The topological polar surface area (TPSA) is 93.5 Å². The first kappa shape index (κ1) is 17.3. The number of hydrogen-bond donors (Lipinski definition) is 1. The fraction of sp³-hybridized carbons (Fsp3) is 0.571. The minimum atomic E-state index is -0.726. The average molecular weight is 343 g/mol. The lowest BCUT2D eigenvalue weighted by molar-refractivity contribution is -0.130. The third kappa shape index (κ3) is 3.82. The van der Waals surface area contributed by atoms with Gasteiger partial charge in [-0.3, -0.25) is 14.4 Å². The molecule has 1 fully saturated rings. The van der Waals surface area contributed by atoms with Gasteiger partial charge in [-0.1, -0.05) is 25.4 Å². The van der Waals surface area contributed by atoms with Crippen LogP contribution in [0.2, 0.25) is 5.15 Å². The van der Waals surface area contributed by atoms with Crippen molar-refractivity contribution in [3.05, 3.63) is 16.4 Å². The molecule has 0 unspecified atom stereocenters. The van der Waals surface area contributed by atoms with Crippen molar-refractivity contribution in [3.8, 4) is 0 Å². The van der Waals surface area contributed by atoms with Crippen LogP contribution in [0.5, 0.6) is 0 Å². The third-order valence-electron chi connectivity index (χ3n) is 3.29. The molecule has 8 nitrogen and oxygen atoms in total. The quantitative estimate of drug-likeness (QED) is 0.812. The van der Waals surface area contributed by atoms with Gasteiger partial charge in [0, 0.05) is 19.6 Å². The van der Waals surface area contributed by atoms with Gasteiger partial charge < -0.3 is 10.1 Å². The first-order chi connectivity index (χ1) is 10.8. The van der Waals surface area contributed by atoms with Gasteiger partial charge in [0.2, 0.25) is 0 Å². The maximum atomic E-state index is 12.2. The van der Waals surface area contributed by atoms with Crippen molar-refractivity contribution in [1.82, 2.24) is 20.0 Å². The number of urea groups is 1. The van der Waals surface area contributed by atoms with Gasteiger partial charge in [-0.2, -0.15) is 5.10 Å². The molecule has 2 heterocycles. The van der Waals surface area contributed by atoms with Crippen LogP contribution in [0.3, 0.4) is 0 Å². The molecule has 23 heavy (non-hydrogen) atoms. The molecule has 1 aliphatic heterocycles. The lowest BCUT2D eigenvalue weighted by atomic mass is 10.2. The Morgan fingerprint density at radius 2 is 2.13 bits per heavy atom. The van der Waals surface area contributed by atoms with Crippen molar-refractivity contribution in [2.45, 2.75) is 27.3 Å². The summed E-state index contributed by atoms with van der Waals surface area (Å²) in [6.45, 7) is 6.37. The van der Waals surface area contributed by atoms with E-state index in [1.807, 2.05) is 13.8 Å². The largest absolute Gasteiger partial charge is 0.452 e. The maximum Gasteiger partial charge on any atom is 0.343 e. The minimum absolute atomic E-state index is 0.144. The summed E-state index contributed by atoms with van der Waals surface area (Å²) < 4.78 is 6.52. The zero-order valence-corrected chi connectivity index (χ0v) is 14.0. The van der Waals surface area contributed by atoms with Gasteiger partial charge >= 0.3 is 12.0 Å². The predicted molar refractivity (Wildman–Crippen MR) is 82.2 cm³/mol. The molecule has 0 atom stereocenters. The van der Waals surface area contributed by atoms with Crippen LogP contribution in [-0.2, 0) is 16.1 Å². The first-order valence-electron chi connectivity index (χ1n) is 7.29. The molecular formula is C14H19ClN4O4. The van der Waals surface area contributed by atoms with Gasteiger partial charge in [0.25, 0.3) is 5.91 Å². The Bertz CT molecular complexity index is 641. The van der Waals surface area contributed by atoms with E-state index in [2.05, 4.69) is 10.4 Å². The van der Waals surface area contributed by atoms with Crippen LogP contribution in [0, 0.1) is 12.8 Å². The Kier molecular flexibility index (Phi) is 5.25. The Balaban J connectivity index is 2.02. The fourth-order valence-electron chi connectivity index (χ4n) is 2.24. The molecule has 1 saturated heterocycles. The lowest BCUT2D eigenvalue weighted by Gasteiger charge is -2.12. The van der Waals surface area contributed by atoms with E-state index in [4.69, 9.17) is 16.3 Å². The zero-order chi connectivity index (χ0) is 17.1. The second-order valence-electron chi connectivity index (χ2n) is 5.68. The van der Waals surface area contributed by atoms with Crippen LogP contribution in [0.1, 0.15) is 29.9 Å². The number of carbonyl (C=O) groups is 3. The summed E-state index contributed by atoms with van der Waals surface area (Å²) in [6.07, 6.45) is 0. The highest BCUT2D eigenvalue weighted by Gasteiger charge is 2.28. The minimum Gasteiger partial charge on any atom is -0.452 e. The second kappa shape index (κ2) is 6.99. The SMILES string of the molecule is Cc1nn(CC(C)C)c(Cl)c1C(=O)OCC(=O)N1CCNC1=O. The number of ether oxygens (including phenoxy) is 1. The van der Waals surface area contributed by atoms with Crippen molar-refractivity contribution < 1.29 is 19.1 Å². The van der Waals surface area contributed by atoms with Gasteiger partial charge in [-0.05, 0) is 12.8 Å². The summed E-state index contributed by atoms with van der Waals surface area (Å²) >= 11 is 6.17. The third-order valence-corrected chi connectivity index (χ3v) is 3.68. The van der Waals surface area contributed by atoms with Crippen LogP contribution in [0.25, 0.3) is 0 Å². The second-order valence-corrected chi connectivity index (χ2v) is 6.04. The molecule has 1 aromatic heterocycles. The molecule has 0 bridgehead atoms. The normalized spacial score (nSPS) is 14.3.